The van der Waals surface area contributed by atoms with Crippen molar-refractivity contribution in [1.29, 1.82) is 0 Å². The Morgan fingerprint density at radius 2 is 1.69 bits per heavy atom. The summed E-state index contributed by atoms with van der Waals surface area (Å²) < 4.78 is 11.4. The van der Waals surface area contributed by atoms with E-state index in [1.54, 1.807) is 7.11 Å². The second-order valence-electron chi connectivity index (χ2n) is 4.29. The number of aliphatic hydroxyl groups excluding tert-OH is 1. The first-order chi connectivity index (χ1) is 5.83. The van der Waals surface area contributed by atoms with Gasteiger partial charge in [-0.25, -0.2) is 0 Å². The molecule has 0 bridgehead atoms. The first-order valence-corrected chi connectivity index (χ1v) is 10.6. The van der Waals surface area contributed by atoms with Gasteiger partial charge in [0.25, 0.3) is 0 Å². The van der Waals surface area contributed by atoms with E-state index in [1.807, 2.05) is 0 Å². The fourth-order valence-corrected chi connectivity index (χ4v) is 8.34. The molecule has 0 saturated carbocycles. The second-order valence-corrected chi connectivity index (χ2v) is 12.3. The minimum absolute atomic E-state index is 0.259. The quantitative estimate of drug-likeness (QED) is 0.698. The molecular weight excluding hydrogens is 200 g/mol. The predicted octanol–water partition coefficient (Wildman–Crippen LogP) is 1.94. The average molecular weight is 222 g/mol. The van der Waals surface area contributed by atoms with Gasteiger partial charge < -0.3 is 13.6 Å². The lowest BCUT2D eigenvalue weighted by molar-refractivity contribution is 0.286. The molecule has 0 aromatic heterocycles. The maximum Gasteiger partial charge on any atom is 0.321 e. The van der Waals surface area contributed by atoms with E-state index in [0.29, 0.717) is 0 Å². The summed E-state index contributed by atoms with van der Waals surface area (Å²) in [6.45, 7) is 8.73. The largest absolute Gasteiger partial charge is 0.436 e. The highest BCUT2D eigenvalue weighted by atomic mass is 28.4. The van der Waals surface area contributed by atoms with E-state index < -0.39 is 16.9 Å². The van der Waals surface area contributed by atoms with Gasteiger partial charge in [0.2, 0.25) is 0 Å². The van der Waals surface area contributed by atoms with Crippen LogP contribution in [0.4, 0.5) is 0 Å². The molecule has 0 aliphatic rings. The van der Waals surface area contributed by atoms with Crippen molar-refractivity contribution in [3.05, 3.63) is 0 Å². The monoisotopic (exact) mass is 222 g/mol. The van der Waals surface area contributed by atoms with Gasteiger partial charge in [-0.2, -0.15) is 0 Å². The Kier molecular flexibility index (Phi) is 5.38. The summed E-state index contributed by atoms with van der Waals surface area (Å²) in [5, 5.41) is 8.73. The van der Waals surface area contributed by atoms with Crippen LogP contribution in [0.1, 0.15) is 6.42 Å². The van der Waals surface area contributed by atoms with Crippen LogP contribution < -0.4 is 0 Å². The molecule has 1 N–H and O–H groups in total. The topological polar surface area (TPSA) is 38.7 Å². The molecule has 0 unspecified atom stereocenters. The third-order valence-corrected chi connectivity index (χ3v) is 8.67. The first kappa shape index (κ1) is 13.3. The lowest BCUT2D eigenvalue weighted by Gasteiger charge is -2.32. The van der Waals surface area contributed by atoms with Crippen molar-refractivity contribution in [2.45, 2.75) is 38.7 Å². The highest BCUT2D eigenvalue weighted by molar-refractivity contribution is 6.82. The van der Waals surface area contributed by atoms with Crippen LogP contribution in [-0.2, 0) is 8.54 Å². The van der Waals surface area contributed by atoms with Crippen molar-refractivity contribution in [3.63, 3.8) is 0 Å². The molecule has 3 nitrogen and oxygen atoms in total. The van der Waals surface area contributed by atoms with Gasteiger partial charge in [0.1, 0.15) is 0 Å². The van der Waals surface area contributed by atoms with Crippen LogP contribution in [0.2, 0.25) is 32.2 Å². The molecule has 0 amide bonds. The summed E-state index contributed by atoms with van der Waals surface area (Å²) in [6, 6.07) is 1.00. The highest BCUT2D eigenvalue weighted by Crippen LogP contribution is 2.19. The van der Waals surface area contributed by atoms with Crippen molar-refractivity contribution in [1.82, 2.24) is 0 Å². The smallest absolute Gasteiger partial charge is 0.321 e. The molecule has 0 aromatic rings. The molecule has 0 rings (SSSR count). The number of hydrogen-bond acceptors (Lipinski definition) is 3. The van der Waals surface area contributed by atoms with Crippen LogP contribution in [-0.4, -0.2) is 35.7 Å². The molecule has 0 radical (unpaired) electrons. The average Bonchev–Trinajstić information content (AvgIpc) is 1.99. The normalized spacial score (nSPS) is 13.4. The highest BCUT2D eigenvalue weighted by Gasteiger charge is 2.33. The molecular formula is C8H22O3Si2. The van der Waals surface area contributed by atoms with E-state index in [9.17, 15) is 0 Å². The maximum absolute atomic E-state index is 8.73. The SMILES string of the molecule is CO[Si](C)(C)O[Si](C)(C)CCCO. The summed E-state index contributed by atoms with van der Waals surface area (Å²) >= 11 is 0. The summed E-state index contributed by atoms with van der Waals surface area (Å²) in [5.74, 6) is 0. The molecule has 0 atom stereocenters. The van der Waals surface area contributed by atoms with Crippen LogP contribution >= 0.6 is 0 Å². The minimum Gasteiger partial charge on any atom is -0.436 e. The number of rotatable bonds is 6. The Bertz CT molecular complexity index is 148. The van der Waals surface area contributed by atoms with Gasteiger partial charge in [0, 0.05) is 13.7 Å². The zero-order chi connectivity index (χ0) is 10.5. The Morgan fingerprint density at radius 1 is 1.15 bits per heavy atom. The van der Waals surface area contributed by atoms with E-state index in [4.69, 9.17) is 13.6 Å². The van der Waals surface area contributed by atoms with E-state index >= 15 is 0 Å². The van der Waals surface area contributed by atoms with Crippen molar-refractivity contribution in [3.8, 4) is 0 Å². The molecule has 0 aliphatic carbocycles. The first-order valence-electron chi connectivity index (χ1n) is 4.69. The molecule has 0 heterocycles. The van der Waals surface area contributed by atoms with Crippen LogP contribution in [0, 0.1) is 0 Å². The van der Waals surface area contributed by atoms with Crippen molar-refractivity contribution in [2.75, 3.05) is 13.7 Å². The van der Waals surface area contributed by atoms with Gasteiger partial charge in [-0.05, 0) is 38.7 Å². The molecule has 0 spiro atoms. The predicted molar refractivity (Wildman–Crippen MR) is 59.6 cm³/mol. The molecule has 0 saturated heterocycles. The Labute approximate surface area is 83.4 Å². The third kappa shape index (κ3) is 6.39. The van der Waals surface area contributed by atoms with Crippen LogP contribution in [0.3, 0.4) is 0 Å². The number of hydrogen-bond donors (Lipinski definition) is 1. The molecule has 0 fully saturated rings. The Morgan fingerprint density at radius 3 is 2.08 bits per heavy atom. The molecule has 0 aliphatic heterocycles. The third-order valence-electron chi connectivity index (χ3n) is 1.95. The van der Waals surface area contributed by atoms with Crippen molar-refractivity contribution in [2.24, 2.45) is 0 Å². The van der Waals surface area contributed by atoms with E-state index in [2.05, 4.69) is 26.2 Å². The van der Waals surface area contributed by atoms with Gasteiger partial charge in [0.05, 0.1) is 0 Å². The van der Waals surface area contributed by atoms with Gasteiger partial charge in [-0.15, -0.1) is 0 Å². The maximum atomic E-state index is 8.73. The standard InChI is InChI=1S/C8H22O3Si2/c1-10-13(4,5)11-12(2,3)8-6-7-9/h9H,6-8H2,1-5H3. The summed E-state index contributed by atoms with van der Waals surface area (Å²) in [7, 11) is -1.78. The van der Waals surface area contributed by atoms with Crippen LogP contribution in [0.25, 0.3) is 0 Å². The molecule has 13 heavy (non-hydrogen) atoms. The van der Waals surface area contributed by atoms with Gasteiger partial charge in [-0.3, -0.25) is 0 Å². The van der Waals surface area contributed by atoms with E-state index in [1.165, 1.54) is 0 Å². The van der Waals surface area contributed by atoms with Crippen LogP contribution in [0.15, 0.2) is 0 Å². The molecule has 80 valence electrons. The van der Waals surface area contributed by atoms with Crippen molar-refractivity contribution < 1.29 is 13.6 Å². The Balaban J connectivity index is 4.00. The lowest BCUT2D eigenvalue weighted by Crippen LogP contribution is -2.45. The minimum atomic E-state index is -1.88. The number of aliphatic hydroxyl groups is 1. The fraction of sp³-hybridized carbons (Fsp3) is 1.00. The fourth-order valence-electron chi connectivity index (χ4n) is 1.26. The zero-order valence-electron chi connectivity index (χ0n) is 9.39. The van der Waals surface area contributed by atoms with Gasteiger partial charge in [-0.1, -0.05) is 0 Å². The Hall–Kier alpha value is 0.314. The van der Waals surface area contributed by atoms with E-state index in [-0.39, 0.29) is 6.61 Å². The second kappa shape index (κ2) is 5.26. The lowest BCUT2D eigenvalue weighted by atomic mass is 10.5. The van der Waals surface area contributed by atoms with E-state index in [0.717, 1.165) is 12.5 Å². The van der Waals surface area contributed by atoms with Crippen molar-refractivity contribution >= 4 is 16.9 Å². The summed E-state index contributed by atoms with van der Waals surface area (Å²) in [6.07, 6.45) is 0.841. The molecule has 5 heteroatoms. The molecule has 0 aromatic carbocycles. The van der Waals surface area contributed by atoms with Gasteiger partial charge in [0.15, 0.2) is 8.32 Å². The van der Waals surface area contributed by atoms with Crippen LogP contribution in [0.5, 0.6) is 0 Å². The summed E-state index contributed by atoms with van der Waals surface area (Å²) in [5.41, 5.74) is 0. The van der Waals surface area contributed by atoms with Gasteiger partial charge >= 0.3 is 8.56 Å². The zero-order valence-corrected chi connectivity index (χ0v) is 11.4. The summed E-state index contributed by atoms with van der Waals surface area (Å²) in [4.78, 5) is 0.